The van der Waals surface area contributed by atoms with Crippen LogP contribution in [-0.4, -0.2) is 71.4 Å². The zero-order valence-corrected chi connectivity index (χ0v) is 22.7. The van der Waals surface area contributed by atoms with E-state index in [1.54, 1.807) is 7.11 Å². The van der Waals surface area contributed by atoms with E-state index < -0.39 is 0 Å². The minimum atomic E-state index is -0.381. The molecule has 0 spiro atoms. The van der Waals surface area contributed by atoms with E-state index in [1.165, 1.54) is 0 Å². The summed E-state index contributed by atoms with van der Waals surface area (Å²) in [6.45, 7) is 11.9. The average Bonchev–Trinajstić information content (AvgIpc) is 3.30. The Labute approximate surface area is 215 Å². The van der Waals surface area contributed by atoms with Crippen LogP contribution in [0, 0.1) is 6.92 Å². The molecule has 1 aromatic carbocycles. The third-order valence-electron chi connectivity index (χ3n) is 8.87. The standard InChI is InChI=1S/C27H41BN4O4/c1-18-23-17-19(28-35-26(2,3)27(4,5)36-28)7-12-24(23)32(30-18)21-13-15-31(16-14-21)25(33)29-20-8-10-22(34-6)11-9-20/h7,12,17,20-22H,8-11,13-16H2,1-6H3,(H,29,33). The second-order valence-corrected chi connectivity index (χ2v) is 11.8. The molecule has 3 aliphatic rings. The molecule has 3 fully saturated rings. The summed E-state index contributed by atoms with van der Waals surface area (Å²) in [7, 11) is 1.39. The first kappa shape index (κ1) is 25.6. The van der Waals surface area contributed by atoms with Crippen molar-refractivity contribution in [3.05, 3.63) is 23.9 Å². The predicted molar refractivity (Wildman–Crippen MR) is 142 cm³/mol. The molecule has 2 amide bonds. The third-order valence-corrected chi connectivity index (χ3v) is 8.87. The molecule has 2 saturated heterocycles. The van der Waals surface area contributed by atoms with E-state index in [2.05, 4.69) is 62.8 Å². The zero-order chi connectivity index (χ0) is 25.7. The van der Waals surface area contributed by atoms with Crippen molar-refractivity contribution >= 4 is 29.5 Å². The van der Waals surface area contributed by atoms with Crippen LogP contribution in [0.3, 0.4) is 0 Å². The van der Waals surface area contributed by atoms with Gasteiger partial charge in [-0.05, 0) is 84.7 Å². The lowest BCUT2D eigenvalue weighted by atomic mass is 9.78. The van der Waals surface area contributed by atoms with Gasteiger partial charge < -0.3 is 24.3 Å². The fourth-order valence-corrected chi connectivity index (χ4v) is 5.74. The van der Waals surface area contributed by atoms with Crippen LogP contribution in [-0.2, 0) is 14.0 Å². The van der Waals surface area contributed by atoms with E-state index in [0.29, 0.717) is 6.10 Å². The van der Waals surface area contributed by atoms with Gasteiger partial charge in [-0.15, -0.1) is 0 Å². The van der Waals surface area contributed by atoms with Gasteiger partial charge in [0.1, 0.15) is 0 Å². The van der Waals surface area contributed by atoms with Gasteiger partial charge in [-0.1, -0.05) is 12.1 Å². The smallest absolute Gasteiger partial charge is 0.399 e. The Hall–Kier alpha value is -2.10. The van der Waals surface area contributed by atoms with Crippen molar-refractivity contribution in [2.24, 2.45) is 0 Å². The molecule has 0 unspecified atom stereocenters. The summed E-state index contributed by atoms with van der Waals surface area (Å²) >= 11 is 0. The third kappa shape index (κ3) is 4.77. The van der Waals surface area contributed by atoms with Crippen molar-refractivity contribution in [3.63, 3.8) is 0 Å². The number of nitrogens with zero attached hydrogens (tertiary/aromatic N) is 3. The van der Waals surface area contributed by atoms with Gasteiger partial charge in [0.2, 0.25) is 0 Å². The van der Waals surface area contributed by atoms with E-state index in [9.17, 15) is 4.79 Å². The SMILES string of the molecule is COC1CCC(NC(=O)N2CCC(n3nc(C)c4cc(B5OC(C)(C)C(C)(C)O5)ccc43)CC2)CC1. The van der Waals surface area contributed by atoms with E-state index in [-0.39, 0.29) is 36.4 Å². The van der Waals surface area contributed by atoms with E-state index >= 15 is 0 Å². The zero-order valence-electron chi connectivity index (χ0n) is 22.7. The molecule has 8 nitrogen and oxygen atoms in total. The lowest BCUT2D eigenvalue weighted by Gasteiger charge is -2.35. The van der Waals surface area contributed by atoms with Gasteiger partial charge in [0.05, 0.1) is 34.6 Å². The molecular formula is C27H41BN4O4. The number of amides is 2. The molecule has 36 heavy (non-hydrogen) atoms. The number of rotatable bonds is 4. The highest BCUT2D eigenvalue weighted by molar-refractivity contribution is 6.62. The number of carbonyl (C=O) groups excluding carboxylic acids is 1. The topological polar surface area (TPSA) is 77.9 Å². The van der Waals surface area contributed by atoms with Gasteiger partial charge in [-0.3, -0.25) is 4.68 Å². The van der Waals surface area contributed by atoms with E-state index in [1.807, 2.05) is 4.90 Å². The number of carbonyl (C=O) groups is 1. The van der Waals surface area contributed by atoms with E-state index in [0.717, 1.165) is 73.7 Å². The first-order valence-electron chi connectivity index (χ1n) is 13.5. The summed E-state index contributed by atoms with van der Waals surface area (Å²) in [5, 5.41) is 9.31. The van der Waals surface area contributed by atoms with Crippen LogP contribution in [0.1, 0.15) is 78.0 Å². The fourth-order valence-electron chi connectivity index (χ4n) is 5.74. The highest BCUT2D eigenvalue weighted by Gasteiger charge is 2.51. The average molecular weight is 496 g/mol. The first-order valence-corrected chi connectivity index (χ1v) is 13.5. The Morgan fingerprint density at radius 3 is 2.31 bits per heavy atom. The molecule has 9 heteroatoms. The largest absolute Gasteiger partial charge is 0.494 e. The molecule has 1 N–H and O–H groups in total. The molecule has 2 aliphatic heterocycles. The van der Waals surface area contributed by atoms with Crippen LogP contribution in [0.25, 0.3) is 10.9 Å². The Balaban J connectivity index is 1.22. The molecule has 5 rings (SSSR count). The van der Waals surface area contributed by atoms with Gasteiger partial charge in [-0.2, -0.15) is 5.10 Å². The number of benzene rings is 1. The molecular weight excluding hydrogens is 455 g/mol. The van der Waals surface area contributed by atoms with E-state index in [4.69, 9.17) is 19.1 Å². The molecule has 1 aliphatic carbocycles. The summed E-state index contributed by atoms with van der Waals surface area (Å²) in [4.78, 5) is 14.8. The van der Waals surface area contributed by atoms with Gasteiger partial charge >= 0.3 is 13.1 Å². The quantitative estimate of drug-likeness (QED) is 0.649. The summed E-state index contributed by atoms with van der Waals surface area (Å²) < 4.78 is 20.1. The van der Waals surface area contributed by atoms with Crippen LogP contribution in [0.5, 0.6) is 0 Å². The lowest BCUT2D eigenvalue weighted by Crippen LogP contribution is -2.49. The van der Waals surface area contributed by atoms with Crippen molar-refractivity contribution in [3.8, 4) is 0 Å². The van der Waals surface area contributed by atoms with Gasteiger partial charge in [0.25, 0.3) is 0 Å². The van der Waals surface area contributed by atoms with Crippen molar-refractivity contribution in [2.45, 2.75) is 103 Å². The van der Waals surface area contributed by atoms with Crippen molar-refractivity contribution < 1.29 is 18.8 Å². The maximum Gasteiger partial charge on any atom is 0.494 e. The molecule has 3 heterocycles. The number of hydrogen-bond donors (Lipinski definition) is 1. The summed E-state index contributed by atoms with van der Waals surface area (Å²) in [5.41, 5.74) is 2.43. The number of aryl methyl sites for hydroxylation is 1. The Kier molecular flexibility index (Phi) is 6.85. The fraction of sp³-hybridized carbons (Fsp3) is 0.704. The van der Waals surface area contributed by atoms with Crippen molar-refractivity contribution in [1.82, 2.24) is 20.0 Å². The second kappa shape index (κ2) is 9.65. The molecule has 2 aromatic rings. The normalized spacial score (nSPS) is 26.5. The Morgan fingerprint density at radius 1 is 1.06 bits per heavy atom. The van der Waals surface area contributed by atoms with Gasteiger partial charge in [-0.25, -0.2) is 4.79 Å². The van der Waals surface area contributed by atoms with Crippen LogP contribution >= 0.6 is 0 Å². The maximum atomic E-state index is 12.9. The van der Waals surface area contributed by atoms with Crippen LogP contribution in [0.4, 0.5) is 4.79 Å². The van der Waals surface area contributed by atoms with Crippen LogP contribution in [0.2, 0.25) is 0 Å². The lowest BCUT2D eigenvalue weighted by molar-refractivity contribution is 0.00578. The summed E-state index contributed by atoms with van der Waals surface area (Å²) in [6.07, 6.45) is 6.17. The maximum absolute atomic E-state index is 12.9. The summed E-state index contributed by atoms with van der Waals surface area (Å²) in [5.74, 6) is 0. The second-order valence-electron chi connectivity index (χ2n) is 11.8. The molecule has 0 radical (unpaired) electrons. The number of piperidine rings is 1. The monoisotopic (exact) mass is 496 g/mol. The Bertz CT molecular complexity index is 1080. The predicted octanol–water partition coefficient (Wildman–Crippen LogP) is 3.95. The minimum absolute atomic E-state index is 0.0721. The molecule has 1 aromatic heterocycles. The van der Waals surface area contributed by atoms with Gasteiger partial charge in [0.15, 0.2) is 0 Å². The number of hydrogen-bond acceptors (Lipinski definition) is 5. The van der Waals surface area contributed by atoms with Gasteiger partial charge in [0, 0.05) is 31.6 Å². The molecule has 1 saturated carbocycles. The Morgan fingerprint density at radius 2 is 1.69 bits per heavy atom. The number of likely N-dealkylation sites (tertiary alicyclic amines) is 1. The summed E-state index contributed by atoms with van der Waals surface area (Å²) in [6, 6.07) is 7.02. The minimum Gasteiger partial charge on any atom is -0.399 e. The molecule has 0 atom stereocenters. The number of ether oxygens (including phenoxy) is 1. The molecule has 196 valence electrons. The number of aromatic nitrogens is 2. The first-order chi connectivity index (χ1) is 17.1. The molecule has 0 bridgehead atoms. The number of urea groups is 1. The van der Waals surface area contributed by atoms with Crippen molar-refractivity contribution in [2.75, 3.05) is 20.2 Å². The van der Waals surface area contributed by atoms with Crippen LogP contribution in [0.15, 0.2) is 18.2 Å². The van der Waals surface area contributed by atoms with Crippen molar-refractivity contribution in [1.29, 1.82) is 0 Å². The number of methoxy groups -OCH3 is 1. The highest BCUT2D eigenvalue weighted by atomic mass is 16.7. The number of nitrogens with one attached hydrogen (secondary N) is 1. The van der Waals surface area contributed by atoms with Crippen LogP contribution < -0.4 is 10.8 Å². The number of fused-ring (bicyclic) bond motifs is 1. The highest BCUT2D eigenvalue weighted by Crippen LogP contribution is 2.37.